The van der Waals surface area contributed by atoms with E-state index in [9.17, 15) is 0 Å². The van der Waals surface area contributed by atoms with Crippen LogP contribution in [0, 0.1) is 0 Å². The van der Waals surface area contributed by atoms with E-state index in [1.54, 1.807) is 0 Å². The van der Waals surface area contributed by atoms with Crippen molar-refractivity contribution < 1.29 is 0 Å². The van der Waals surface area contributed by atoms with Gasteiger partial charge in [0.1, 0.15) is 0 Å². The quantitative estimate of drug-likeness (QED) is 0.867. The molecular formula is C17H18N2. The van der Waals surface area contributed by atoms with E-state index >= 15 is 0 Å². The number of hydrogen-bond acceptors (Lipinski definition) is 2. The fourth-order valence-corrected chi connectivity index (χ4v) is 2.61. The van der Waals surface area contributed by atoms with Crippen molar-refractivity contribution >= 4 is 17.1 Å². The van der Waals surface area contributed by atoms with E-state index in [-0.39, 0.29) is 0 Å². The lowest BCUT2D eigenvalue weighted by molar-refractivity contribution is 0.962. The first-order valence-corrected chi connectivity index (χ1v) is 6.58. The van der Waals surface area contributed by atoms with Gasteiger partial charge in [-0.05, 0) is 30.7 Å². The third-order valence-electron chi connectivity index (χ3n) is 3.53. The lowest BCUT2D eigenvalue weighted by Crippen LogP contribution is -2.26. The number of rotatable bonds is 2. The number of fused-ring (bicyclic) bond motifs is 1. The van der Waals surface area contributed by atoms with Gasteiger partial charge in [0.25, 0.3) is 0 Å². The molecular weight excluding hydrogens is 232 g/mol. The van der Waals surface area contributed by atoms with Gasteiger partial charge in [-0.1, -0.05) is 36.4 Å². The summed E-state index contributed by atoms with van der Waals surface area (Å²) in [5.74, 6) is 0. The number of likely N-dealkylation sites (N-methyl/N-ethyl adjacent to an activating group) is 1. The summed E-state index contributed by atoms with van der Waals surface area (Å²) in [4.78, 5) is 2.29. The van der Waals surface area contributed by atoms with Crippen LogP contribution in [0.5, 0.6) is 0 Å². The molecule has 2 aromatic carbocycles. The van der Waals surface area contributed by atoms with Crippen LogP contribution in [0.3, 0.4) is 0 Å². The minimum atomic E-state index is 0.964. The maximum Gasteiger partial charge on any atom is 0.0485 e. The second-order valence-electron chi connectivity index (χ2n) is 5.02. The van der Waals surface area contributed by atoms with Crippen molar-refractivity contribution in [2.45, 2.75) is 6.92 Å². The van der Waals surface area contributed by atoms with Crippen molar-refractivity contribution in [3.8, 4) is 0 Å². The zero-order valence-corrected chi connectivity index (χ0v) is 11.4. The van der Waals surface area contributed by atoms with Gasteiger partial charge in [0.05, 0.1) is 0 Å². The van der Waals surface area contributed by atoms with E-state index < -0.39 is 0 Å². The van der Waals surface area contributed by atoms with Crippen LogP contribution in [0.2, 0.25) is 0 Å². The molecule has 0 aliphatic carbocycles. The lowest BCUT2D eigenvalue weighted by atomic mass is 9.99. The van der Waals surface area contributed by atoms with E-state index in [0.29, 0.717) is 0 Å². The van der Waals surface area contributed by atoms with Crippen LogP contribution >= 0.6 is 0 Å². The lowest BCUT2D eigenvalue weighted by Gasteiger charge is -2.31. The Morgan fingerprint density at radius 2 is 1.63 bits per heavy atom. The van der Waals surface area contributed by atoms with Crippen LogP contribution in [-0.4, -0.2) is 13.6 Å². The summed E-state index contributed by atoms with van der Waals surface area (Å²) in [7, 11) is 2.14. The predicted octanol–water partition coefficient (Wildman–Crippen LogP) is 3.98. The van der Waals surface area contributed by atoms with Gasteiger partial charge in [-0.3, -0.25) is 0 Å². The Bertz CT molecular complexity index is 614. The molecule has 0 atom stereocenters. The van der Waals surface area contributed by atoms with Crippen LogP contribution in [0.1, 0.15) is 12.5 Å². The van der Waals surface area contributed by atoms with Crippen molar-refractivity contribution in [1.82, 2.24) is 0 Å². The van der Waals surface area contributed by atoms with Gasteiger partial charge < -0.3 is 10.2 Å². The first-order valence-electron chi connectivity index (χ1n) is 6.58. The first kappa shape index (κ1) is 11.8. The molecule has 0 bridgehead atoms. The molecule has 0 saturated carbocycles. The molecule has 1 aliphatic rings. The molecule has 0 saturated heterocycles. The van der Waals surface area contributed by atoms with Gasteiger partial charge in [0, 0.05) is 36.2 Å². The third-order valence-corrected chi connectivity index (χ3v) is 3.53. The Morgan fingerprint density at radius 3 is 2.42 bits per heavy atom. The number of anilines is 2. The summed E-state index contributed by atoms with van der Waals surface area (Å²) in [6.45, 7) is 3.16. The highest BCUT2D eigenvalue weighted by atomic mass is 15.1. The molecule has 19 heavy (non-hydrogen) atoms. The molecule has 1 heterocycles. The van der Waals surface area contributed by atoms with Crippen molar-refractivity contribution in [2.24, 2.45) is 0 Å². The fraction of sp³-hybridized carbons (Fsp3) is 0.176. The average molecular weight is 250 g/mol. The largest absolute Gasteiger partial charge is 0.370 e. The number of benzene rings is 2. The molecule has 0 amide bonds. The second kappa shape index (κ2) is 4.81. The van der Waals surface area contributed by atoms with E-state index in [0.717, 1.165) is 12.2 Å². The molecule has 2 aromatic rings. The summed E-state index contributed by atoms with van der Waals surface area (Å²) >= 11 is 0. The monoisotopic (exact) mass is 250 g/mol. The highest BCUT2D eigenvalue weighted by Crippen LogP contribution is 2.34. The average Bonchev–Trinajstić information content (AvgIpc) is 2.45. The third kappa shape index (κ3) is 2.22. The van der Waals surface area contributed by atoms with Crippen LogP contribution < -0.4 is 10.2 Å². The minimum absolute atomic E-state index is 0.964. The molecule has 0 unspecified atom stereocenters. The molecule has 1 aliphatic heterocycles. The van der Waals surface area contributed by atoms with E-state index in [1.807, 2.05) is 6.07 Å². The smallest absolute Gasteiger partial charge is 0.0485 e. The SMILES string of the molecule is CC1=C(Nc2ccccc2)c2ccccc2N(C)C1. The van der Waals surface area contributed by atoms with Crippen LogP contribution in [0.15, 0.2) is 60.2 Å². The summed E-state index contributed by atoms with van der Waals surface area (Å²) in [6.07, 6.45) is 0. The standard InChI is InChI=1S/C17H18N2/c1-13-12-19(2)16-11-7-6-10-15(16)17(13)18-14-8-4-3-5-9-14/h3-11,18H,12H2,1-2H3. The second-order valence-corrected chi connectivity index (χ2v) is 5.02. The summed E-state index contributed by atoms with van der Waals surface area (Å²) in [5.41, 5.74) is 6.30. The molecule has 2 heteroatoms. The number of para-hydroxylation sites is 2. The Hall–Kier alpha value is -2.22. The first-order chi connectivity index (χ1) is 9.25. The Labute approximate surface area is 114 Å². The Kier molecular flexibility index (Phi) is 3.00. The van der Waals surface area contributed by atoms with Gasteiger partial charge in [-0.2, -0.15) is 0 Å². The van der Waals surface area contributed by atoms with Gasteiger partial charge in [0.15, 0.2) is 0 Å². The molecule has 0 aromatic heterocycles. The van der Waals surface area contributed by atoms with Gasteiger partial charge in [-0.25, -0.2) is 0 Å². The maximum absolute atomic E-state index is 3.56. The predicted molar refractivity (Wildman–Crippen MR) is 82.4 cm³/mol. The number of nitrogens with zero attached hydrogens (tertiary/aromatic N) is 1. The molecule has 1 N–H and O–H groups in total. The minimum Gasteiger partial charge on any atom is -0.370 e. The summed E-state index contributed by atoms with van der Waals surface area (Å²) in [6, 6.07) is 18.9. The van der Waals surface area contributed by atoms with Crippen LogP contribution in [0.4, 0.5) is 11.4 Å². The highest BCUT2D eigenvalue weighted by Gasteiger charge is 2.19. The summed E-state index contributed by atoms with van der Waals surface area (Å²) < 4.78 is 0. The van der Waals surface area contributed by atoms with Gasteiger partial charge in [0.2, 0.25) is 0 Å². The molecule has 0 spiro atoms. The molecule has 3 rings (SSSR count). The molecule has 0 fully saturated rings. The number of nitrogens with one attached hydrogen (secondary N) is 1. The van der Waals surface area contributed by atoms with Gasteiger partial charge in [-0.15, -0.1) is 0 Å². The topological polar surface area (TPSA) is 15.3 Å². The van der Waals surface area contributed by atoms with E-state index in [1.165, 1.54) is 22.5 Å². The molecule has 96 valence electrons. The van der Waals surface area contributed by atoms with Crippen molar-refractivity contribution in [3.63, 3.8) is 0 Å². The highest BCUT2D eigenvalue weighted by molar-refractivity contribution is 5.87. The Morgan fingerprint density at radius 1 is 0.947 bits per heavy atom. The van der Waals surface area contributed by atoms with Gasteiger partial charge >= 0.3 is 0 Å². The maximum atomic E-state index is 3.56. The van der Waals surface area contributed by atoms with Crippen LogP contribution in [0.25, 0.3) is 5.70 Å². The van der Waals surface area contributed by atoms with Crippen molar-refractivity contribution in [3.05, 3.63) is 65.7 Å². The van der Waals surface area contributed by atoms with Crippen molar-refractivity contribution in [1.29, 1.82) is 0 Å². The van der Waals surface area contributed by atoms with E-state index in [4.69, 9.17) is 0 Å². The van der Waals surface area contributed by atoms with E-state index in [2.05, 4.69) is 72.7 Å². The number of hydrogen-bond donors (Lipinski definition) is 1. The Balaban J connectivity index is 2.03. The zero-order valence-electron chi connectivity index (χ0n) is 11.4. The zero-order chi connectivity index (χ0) is 13.2. The van der Waals surface area contributed by atoms with Crippen molar-refractivity contribution in [2.75, 3.05) is 23.8 Å². The fourth-order valence-electron chi connectivity index (χ4n) is 2.61. The summed E-state index contributed by atoms with van der Waals surface area (Å²) in [5, 5.41) is 3.56. The molecule has 2 nitrogen and oxygen atoms in total. The molecule has 0 radical (unpaired) electrons. The van der Waals surface area contributed by atoms with Crippen LogP contribution in [-0.2, 0) is 0 Å². The normalized spacial score (nSPS) is 14.3.